The highest BCUT2D eigenvalue weighted by Crippen LogP contribution is 2.13. The van der Waals surface area contributed by atoms with Gasteiger partial charge < -0.3 is 5.73 Å². The van der Waals surface area contributed by atoms with E-state index < -0.39 is 0 Å². The van der Waals surface area contributed by atoms with E-state index in [-0.39, 0.29) is 0 Å². The Hall–Kier alpha value is -0.890. The first-order chi connectivity index (χ1) is 5.70. The third kappa shape index (κ3) is 2.62. The second-order valence-electron chi connectivity index (χ2n) is 3.58. The van der Waals surface area contributed by atoms with E-state index in [0.717, 1.165) is 12.1 Å². The van der Waals surface area contributed by atoms with Crippen molar-refractivity contribution in [3.8, 4) is 0 Å². The Morgan fingerprint density at radius 3 is 2.67 bits per heavy atom. The van der Waals surface area contributed by atoms with Crippen molar-refractivity contribution in [3.05, 3.63) is 30.1 Å². The number of pyridine rings is 1. The summed E-state index contributed by atoms with van der Waals surface area (Å²) < 4.78 is 0. The lowest BCUT2D eigenvalue weighted by Crippen LogP contribution is -2.54. The molecule has 0 saturated carbocycles. The number of quaternary nitrogens is 1. The van der Waals surface area contributed by atoms with Gasteiger partial charge in [-0.1, -0.05) is 19.9 Å². The minimum absolute atomic E-state index is 0.339. The van der Waals surface area contributed by atoms with Gasteiger partial charge in [-0.05, 0) is 18.1 Å². The zero-order chi connectivity index (χ0) is 8.97. The molecule has 0 saturated heterocycles. The second kappa shape index (κ2) is 4.21. The Kier molecular flexibility index (Phi) is 3.23. The Morgan fingerprint density at radius 2 is 2.17 bits per heavy atom. The molecule has 0 aliphatic rings. The summed E-state index contributed by atoms with van der Waals surface area (Å²) in [7, 11) is 0. The van der Waals surface area contributed by atoms with Gasteiger partial charge in [-0.2, -0.15) is 0 Å². The third-order valence-corrected chi connectivity index (χ3v) is 1.86. The van der Waals surface area contributed by atoms with Gasteiger partial charge in [-0.3, -0.25) is 4.98 Å². The fourth-order valence-corrected chi connectivity index (χ4v) is 1.31. The van der Waals surface area contributed by atoms with Crippen LogP contribution in [0.5, 0.6) is 0 Å². The molecule has 0 unspecified atom stereocenters. The minimum Gasteiger partial charge on any atom is -0.350 e. The standard InChI is InChI=1S/C10H16N2/c1-8(2)7-9(11)10-5-3-4-6-12-10/h3-6,8-9H,7,11H2,1-2H3/p+1/t9-/m1/s1. The van der Waals surface area contributed by atoms with Crippen LogP contribution < -0.4 is 5.73 Å². The number of aromatic nitrogens is 1. The molecule has 66 valence electrons. The third-order valence-electron chi connectivity index (χ3n) is 1.86. The van der Waals surface area contributed by atoms with Crippen LogP contribution in [0, 0.1) is 5.92 Å². The fourth-order valence-electron chi connectivity index (χ4n) is 1.31. The van der Waals surface area contributed by atoms with Crippen LogP contribution in [0.3, 0.4) is 0 Å². The van der Waals surface area contributed by atoms with Crippen LogP contribution in [0.25, 0.3) is 0 Å². The summed E-state index contributed by atoms with van der Waals surface area (Å²) >= 11 is 0. The minimum atomic E-state index is 0.339. The maximum Gasteiger partial charge on any atom is 0.127 e. The molecule has 0 bridgehead atoms. The first-order valence-corrected chi connectivity index (χ1v) is 4.44. The summed E-state index contributed by atoms with van der Waals surface area (Å²) in [6, 6.07) is 6.33. The molecule has 1 heterocycles. The molecule has 0 radical (unpaired) electrons. The molecule has 2 heteroatoms. The van der Waals surface area contributed by atoms with Crippen LogP contribution in [-0.4, -0.2) is 4.98 Å². The smallest absolute Gasteiger partial charge is 0.127 e. The first kappa shape index (κ1) is 9.20. The van der Waals surface area contributed by atoms with Gasteiger partial charge in [0.05, 0.1) is 5.69 Å². The number of rotatable bonds is 3. The average Bonchev–Trinajstić information content (AvgIpc) is 2.05. The van der Waals surface area contributed by atoms with E-state index in [0.29, 0.717) is 12.0 Å². The van der Waals surface area contributed by atoms with Crippen LogP contribution in [0.4, 0.5) is 0 Å². The van der Waals surface area contributed by atoms with E-state index in [4.69, 9.17) is 0 Å². The van der Waals surface area contributed by atoms with Crippen molar-refractivity contribution in [2.24, 2.45) is 5.92 Å². The van der Waals surface area contributed by atoms with Crippen molar-refractivity contribution >= 4 is 0 Å². The summed E-state index contributed by atoms with van der Waals surface area (Å²) in [6.45, 7) is 4.42. The lowest BCUT2D eigenvalue weighted by molar-refractivity contribution is -0.430. The predicted molar refractivity (Wildman–Crippen MR) is 49.3 cm³/mol. The largest absolute Gasteiger partial charge is 0.350 e. The zero-order valence-electron chi connectivity index (χ0n) is 7.83. The van der Waals surface area contributed by atoms with Crippen LogP contribution >= 0.6 is 0 Å². The van der Waals surface area contributed by atoms with Crippen LogP contribution in [-0.2, 0) is 0 Å². The van der Waals surface area contributed by atoms with Crippen LogP contribution in [0.15, 0.2) is 24.4 Å². The average molecular weight is 165 g/mol. The molecular formula is C10H17N2+. The molecule has 0 aliphatic heterocycles. The van der Waals surface area contributed by atoms with Crippen molar-refractivity contribution in [3.63, 3.8) is 0 Å². The maximum absolute atomic E-state index is 4.27. The van der Waals surface area contributed by atoms with Gasteiger partial charge in [0.1, 0.15) is 6.04 Å². The lowest BCUT2D eigenvalue weighted by atomic mass is 10.0. The molecule has 3 N–H and O–H groups in total. The molecule has 0 fully saturated rings. The molecule has 1 atom stereocenters. The zero-order valence-corrected chi connectivity index (χ0v) is 7.83. The number of nitrogens with zero attached hydrogens (tertiary/aromatic N) is 1. The molecule has 0 spiro atoms. The number of hydrogen-bond donors (Lipinski definition) is 1. The van der Waals surface area contributed by atoms with Gasteiger partial charge in [0.25, 0.3) is 0 Å². The normalized spacial score (nSPS) is 13.3. The molecular weight excluding hydrogens is 148 g/mol. The van der Waals surface area contributed by atoms with Crippen molar-refractivity contribution in [2.45, 2.75) is 26.3 Å². The fraction of sp³-hybridized carbons (Fsp3) is 0.500. The summed E-state index contributed by atoms with van der Waals surface area (Å²) in [5.74, 6) is 0.689. The van der Waals surface area contributed by atoms with Crippen LogP contribution in [0.2, 0.25) is 0 Å². The molecule has 2 nitrogen and oxygen atoms in total. The molecule has 1 aromatic rings. The summed E-state index contributed by atoms with van der Waals surface area (Å²) in [5.41, 5.74) is 5.19. The summed E-state index contributed by atoms with van der Waals surface area (Å²) in [6.07, 6.45) is 2.94. The van der Waals surface area contributed by atoms with Crippen molar-refractivity contribution in [1.29, 1.82) is 0 Å². The highest BCUT2D eigenvalue weighted by Gasteiger charge is 2.11. The molecule has 1 rings (SSSR count). The Bertz CT molecular complexity index is 219. The molecule has 0 amide bonds. The molecule has 12 heavy (non-hydrogen) atoms. The summed E-state index contributed by atoms with van der Waals surface area (Å²) in [5, 5.41) is 0. The Labute approximate surface area is 73.8 Å². The van der Waals surface area contributed by atoms with Gasteiger partial charge in [0.15, 0.2) is 0 Å². The summed E-state index contributed by atoms with van der Waals surface area (Å²) in [4.78, 5) is 4.27. The number of hydrogen-bond acceptors (Lipinski definition) is 1. The van der Waals surface area contributed by atoms with Gasteiger partial charge in [0, 0.05) is 12.6 Å². The Morgan fingerprint density at radius 1 is 1.42 bits per heavy atom. The van der Waals surface area contributed by atoms with Gasteiger partial charge in [-0.15, -0.1) is 0 Å². The molecule has 0 aromatic carbocycles. The topological polar surface area (TPSA) is 40.5 Å². The van der Waals surface area contributed by atoms with E-state index in [2.05, 4.69) is 24.6 Å². The molecule has 0 aliphatic carbocycles. The SMILES string of the molecule is CC(C)C[C@@H]([NH3+])c1ccccn1. The second-order valence-corrected chi connectivity index (χ2v) is 3.58. The first-order valence-electron chi connectivity index (χ1n) is 4.44. The highest BCUT2D eigenvalue weighted by atomic mass is 14.8. The van der Waals surface area contributed by atoms with E-state index in [1.54, 1.807) is 0 Å². The van der Waals surface area contributed by atoms with Crippen molar-refractivity contribution in [1.82, 2.24) is 4.98 Å². The van der Waals surface area contributed by atoms with Crippen molar-refractivity contribution < 1.29 is 5.73 Å². The van der Waals surface area contributed by atoms with E-state index in [1.807, 2.05) is 24.4 Å². The monoisotopic (exact) mass is 165 g/mol. The predicted octanol–water partition coefficient (Wildman–Crippen LogP) is 1.41. The van der Waals surface area contributed by atoms with Crippen LogP contribution in [0.1, 0.15) is 32.0 Å². The molecule has 1 aromatic heterocycles. The van der Waals surface area contributed by atoms with E-state index in [1.165, 1.54) is 0 Å². The van der Waals surface area contributed by atoms with Gasteiger partial charge >= 0.3 is 0 Å². The van der Waals surface area contributed by atoms with Gasteiger partial charge in [0.2, 0.25) is 0 Å². The van der Waals surface area contributed by atoms with E-state index in [9.17, 15) is 0 Å². The quantitative estimate of drug-likeness (QED) is 0.722. The highest BCUT2D eigenvalue weighted by molar-refractivity contribution is 5.05. The lowest BCUT2D eigenvalue weighted by Gasteiger charge is -2.09. The van der Waals surface area contributed by atoms with E-state index >= 15 is 0 Å². The van der Waals surface area contributed by atoms with Gasteiger partial charge in [-0.25, -0.2) is 0 Å². The maximum atomic E-state index is 4.27. The van der Waals surface area contributed by atoms with Crippen molar-refractivity contribution in [2.75, 3.05) is 0 Å². The Balaban J connectivity index is 2.59.